The Morgan fingerprint density at radius 2 is 2.00 bits per heavy atom. The fourth-order valence-corrected chi connectivity index (χ4v) is 2.79. The molecule has 4 aromatic rings. The van der Waals surface area contributed by atoms with E-state index < -0.39 is 0 Å². The highest BCUT2D eigenvalue weighted by Crippen LogP contribution is 2.20. The Labute approximate surface area is 149 Å². The molecule has 0 radical (unpaired) electrons. The van der Waals surface area contributed by atoms with Gasteiger partial charge in [0.1, 0.15) is 6.33 Å². The minimum absolute atomic E-state index is 0.195. The number of hydrogen-bond donors (Lipinski definition) is 1. The van der Waals surface area contributed by atoms with E-state index in [0.717, 1.165) is 16.7 Å². The lowest BCUT2D eigenvalue weighted by Gasteiger charge is -2.09. The number of carbonyl (C=O) groups is 1. The topological polar surface area (TPSA) is 90.5 Å². The zero-order valence-electron chi connectivity index (χ0n) is 14.4. The van der Waals surface area contributed by atoms with E-state index in [9.17, 15) is 4.79 Å². The lowest BCUT2D eigenvalue weighted by Crippen LogP contribution is -2.12. The largest absolute Gasteiger partial charge is 0.328 e. The van der Waals surface area contributed by atoms with Crippen LogP contribution in [0.2, 0.25) is 0 Å². The molecule has 130 valence electrons. The van der Waals surface area contributed by atoms with Gasteiger partial charge in [-0.3, -0.25) is 4.79 Å². The zero-order chi connectivity index (χ0) is 18.1. The fraction of sp³-hybridized carbons (Fsp3) is 0.167. The molecule has 0 unspecified atom stereocenters. The first-order valence-electron chi connectivity index (χ1n) is 8.23. The maximum absolute atomic E-state index is 12.6. The van der Waals surface area contributed by atoms with Crippen molar-refractivity contribution >= 4 is 22.6 Å². The van der Waals surface area contributed by atoms with Crippen LogP contribution in [0.3, 0.4) is 0 Å². The molecule has 8 heteroatoms. The Hall–Kier alpha value is -3.55. The van der Waals surface area contributed by atoms with Gasteiger partial charge in [0.15, 0.2) is 0 Å². The van der Waals surface area contributed by atoms with Crippen LogP contribution in [0.25, 0.3) is 16.7 Å². The van der Waals surface area contributed by atoms with Crippen molar-refractivity contribution in [1.29, 1.82) is 0 Å². The van der Waals surface area contributed by atoms with E-state index in [0.29, 0.717) is 17.3 Å². The van der Waals surface area contributed by atoms with Gasteiger partial charge in [-0.25, -0.2) is 9.67 Å². The minimum Gasteiger partial charge on any atom is -0.328 e. The van der Waals surface area contributed by atoms with Crippen LogP contribution >= 0.6 is 0 Å². The molecule has 1 amide bonds. The minimum atomic E-state index is -0.195. The van der Waals surface area contributed by atoms with Gasteiger partial charge in [-0.05, 0) is 60.7 Å². The number of carbonyl (C=O) groups excluding carboxylic acids is 1. The van der Waals surface area contributed by atoms with Gasteiger partial charge >= 0.3 is 0 Å². The molecule has 26 heavy (non-hydrogen) atoms. The SMILES string of the molecule is CC(C)n1cnc2cc(C(=O)Nc3cccc(-n4cnnn4)c3)ccc21. The summed E-state index contributed by atoms with van der Waals surface area (Å²) in [6.07, 6.45) is 3.30. The predicted octanol–water partition coefficient (Wildman–Crippen LogP) is 2.85. The quantitative estimate of drug-likeness (QED) is 0.613. The summed E-state index contributed by atoms with van der Waals surface area (Å²) in [7, 11) is 0. The number of amides is 1. The average molecular weight is 347 g/mol. The molecule has 0 bridgehead atoms. The molecular formula is C18H17N7O. The van der Waals surface area contributed by atoms with E-state index >= 15 is 0 Å². The molecule has 8 nitrogen and oxygen atoms in total. The Balaban J connectivity index is 1.59. The van der Waals surface area contributed by atoms with E-state index in [1.165, 1.54) is 11.0 Å². The normalized spacial score (nSPS) is 11.2. The highest BCUT2D eigenvalue weighted by Gasteiger charge is 2.11. The van der Waals surface area contributed by atoms with E-state index in [1.54, 1.807) is 18.5 Å². The van der Waals surface area contributed by atoms with Gasteiger partial charge in [-0.1, -0.05) is 6.07 Å². The van der Waals surface area contributed by atoms with Gasteiger partial charge in [0.25, 0.3) is 5.91 Å². The van der Waals surface area contributed by atoms with Gasteiger partial charge in [-0.15, -0.1) is 5.10 Å². The smallest absolute Gasteiger partial charge is 0.255 e. The number of tetrazole rings is 1. The summed E-state index contributed by atoms with van der Waals surface area (Å²) in [4.78, 5) is 17.0. The number of hydrogen-bond acceptors (Lipinski definition) is 5. The van der Waals surface area contributed by atoms with Crippen LogP contribution in [-0.4, -0.2) is 35.7 Å². The lowest BCUT2D eigenvalue weighted by atomic mass is 10.1. The van der Waals surface area contributed by atoms with Crippen molar-refractivity contribution in [3.63, 3.8) is 0 Å². The molecule has 2 aromatic heterocycles. The van der Waals surface area contributed by atoms with E-state index in [1.807, 2.05) is 30.3 Å². The van der Waals surface area contributed by atoms with Crippen LogP contribution in [0.1, 0.15) is 30.2 Å². The van der Waals surface area contributed by atoms with Crippen LogP contribution in [0.4, 0.5) is 5.69 Å². The lowest BCUT2D eigenvalue weighted by molar-refractivity contribution is 0.102. The zero-order valence-corrected chi connectivity index (χ0v) is 14.4. The molecule has 1 N–H and O–H groups in total. The summed E-state index contributed by atoms with van der Waals surface area (Å²) in [6.45, 7) is 4.19. The Kier molecular flexibility index (Phi) is 3.92. The predicted molar refractivity (Wildman–Crippen MR) is 97.2 cm³/mol. The standard InChI is InChI=1S/C18H17N7O/c1-12(2)24-10-19-16-8-13(6-7-17(16)24)18(26)21-14-4-3-5-15(9-14)25-11-20-22-23-25/h3-12H,1-2H3,(H,21,26). The number of benzene rings is 2. The van der Waals surface area contributed by atoms with Crippen molar-refractivity contribution < 1.29 is 4.79 Å². The third-order valence-electron chi connectivity index (χ3n) is 4.11. The maximum Gasteiger partial charge on any atom is 0.255 e. The number of nitrogens with one attached hydrogen (secondary N) is 1. The Morgan fingerprint density at radius 1 is 1.12 bits per heavy atom. The van der Waals surface area contributed by atoms with Crippen LogP contribution in [0.15, 0.2) is 55.1 Å². The van der Waals surface area contributed by atoms with E-state index in [4.69, 9.17) is 0 Å². The average Bonchev–Trinajstić information content (AvgIpc) is 3.31. The fourth-order valence-electron chi connectivity index (χ4n) is 2.79. The number of rotatable bonds is 4. The van der Waals surface area contributed by atoms with Crippen molar-refractivity contribution in [2.24, 2.45) is 0 Å². The van der Waals surface area contributed by atoms with Gasteiger partial charge in [0.2, 0.25) is 0 Å². The second kappa shape index (κ2) is 6.40. The number of fused-ring (bicyclic) bond motifs is 1. The van der Waals surface area contributed by atoms with E-state index in [2.05, 4.69) is 44.2 Å². The molecule has 0 saturated heterocycles. The first kappa shape index (κ1) is 15.9. The van der Waals surface area contributed by atoms with Crippen LogP contribution in [0, 0.1) is 0 Å². The molecule has 0 atom stereocenters. The van der Waals surface area contributed by atoms with Crippen molar-refractivity contribution in [3.05, 3.63) is 60.7 Å². The second-order valence-corrected chi connectivity index (χ2v) is 6.21. The number of anilines is 1. The number of aromatic nitrogens is 6. The highest BCUT2D eigenvalue weighted by molar-refractivity contribution is 6.06. The second-order valence-electron chi connectivity index (χ2n) is 6.21. The van der Waals surface area contributed by atoms with E-state index in [-0.39, 0.29) is 5.91 Å². The monoisotopic (exact) mass is 347 g/mol. The summed E-state index contributed by atoms with van der Waals surface area (Å²) in [5, 5.41) is 14.0. The molecule has 0 saturated carbocycles. The summed E-state index contributed by atoms with van der Waals surface area (Å²) < 4.78 is 3.60. The summed E-state index contributed by atoms with van der Waals surface area (Å²) in [6, 6.07) is 13.2. The van der Waals surface area contributed by atoms with Crippen molar-refractivity contribution in [2.45, 2.75) is 19.9 Å². The van der Waals surface area contributed by atoms with Crippen LogP contribution in [-0.2, 0) is 0 Å². The van der Waals surface area contributed by atoms with Crippen LogP contribution in [0.5, 0.6) is 0 Å². The molecule has 2 aromatic carbocycles. The summed E-state index contributed by atoms with van der Waals surface area (Å²) in [5.74, 6) is -0.195. The Bertz CT molecular complexity index is 1070. The molecule has 0 fully saturated rings. The summed E-state index contributed by atoms with van der Waals surface area (Å²) >= 11 is 0. The number of nitrogens with zero attached hydrogens (tertiary/aromatic N) is 6. The van der Waals surface area contributed by atoms with Gasteiger partial charge in [-0.2, -0.15) is 0 Å². The molecular weight excluding hydrogens is 330 g/mol. The first-order valence-corrected chi connectivity index (χ1v) is 8.23. The van der Waals surface area contributed by atoms with Crippen molar-refractivity contribution in [2.75, 3.05) is 5.32 Å². The third-order valence-corrected chi connectivity index (χ3v) is 4.11. The van der Waals surface area contributed by atoms with Gasteiger partial charge < -0.3 is 9.88 Å². The Morgan fingerprint density at radius 3 is 2.77 bits per heavy atom. The molecule has 0 aliphatic rings. The molecule has 2 heterocycles. The molecule has 0 aliphatic carbocycles. The van der Waals surface area contributed by atoms with Crippen molar-refractivity contribution in [1.82, 2.24) is 29.8 Å². The van der Waals surface area contributed by atoms with Gasteiger partial charge in [0, 0.05) is 17.3 Å². The number of imidazole rings is 1. The first-order chi connectivity index (χ1) is 12.6. The summed E-state index contributed by atoms with van der Waals surface area (Å²) in [5.41, 5.74) is 3.79. The maximum atomic E-state index is 12.6. The molecule has 0 spiro atoms. The third kappa shape index (κ3) is 2.92. The highest BCUT2D eigenvalue weighted by atomic mass is 16.1. The van der Waals surface area contributed by atoms with Crippen molar-refractivity contribution in [3.8, 4) is 5.69 Å². The molecule has 4 rings (SSSR count). The molecule has 0 aliphatic heterocycles. The van der Waals surface area contributed by atoms with Crippen LogP contribution < -0.4 is 5.32 Å². The van der Waals surface area contributed by atoms with Gasteiger partial charge in [0.05, 0.1) is 23.0 Å².